The van der Waals surface area contributed by atoms with Gasteiger partial charge in [-0.1, -0.05) is 5.16 Å². The summed E-state index contributed by atoms with van der Waals surface area (Å²) >= 11 is 5.52. The lowest BCUT2D eigenvalue weighted by molar-refractivity contribution is 0.391. The van der Waals surface area contributed by atoms with Crippen molar-refractivity contribution in [1.29, 1.82) is 0 Å². The van der Waals surface area contributed by atoms with E-state index in [1.807, 2.05) is 0 Å². The zero-order valence-electron chi connectivity index (χ0n) is 8.00. The second-order valence-electron chi connectivity index (χ2n) is 3.16. The van der Waals surface area contributed by atoms with Gasteiger partial charge >= 0.3 is 0 Å². The molecule has 0 unspecified atom stereocenters. The van der Waals surface area contributed by atoms with Crippen LogP contribution in [0.4, 0.5) is 4.39 Å². The second kappa shape index (κ2) is 3.98. The fraction of sp³-hybridized carbons (Fsp3) is 0.200. The van der Waals surface area contributed by atoms with Crippen molar-refractivity contribution >= 4 is 11.6 Å². The Balaban J connectivity index is 2.44. The lowest BCUT2D eigenvalue weighted by Crippen LogP contribution is -1.85. The molecule has 0 saturated heterocycles. The van der Waals surface area contributed by atoms with Crippen molar-refractivity contribution in [2.75, 3.05) is 0 Å². The van der Waals surface area contributed by atoms with Crippen LogP contribution >= 0.6 is 11.6 Å². The molecule has 2 rings (SSSR count). The summed E-state index contributed by atoms with van der Waals surface area (Å²) in [6, 6.07) is 4.58. The topological polar surface area (TPSA) is 38.9 Å². The Morgan fingerprint density at radius 1 is 1.40 bits per heavy atom. The fourth-order valence-corrected chi connectivity index (χ4v) is 1.40. The Kier molecular flexibility index (Phi) is 2.68. The second-order valence-corrected chi connectivity index (χ2v) is 3.43. The first-order valence-electron chi connectivity index (χ1n) is 4.35. The SMILES string of the molecule is Cc1cc(F)cc(-c2noc(CCl)n2)c1. The standard InChI is InChI=1S/C10H8ClFN2O/c1-6-2-7(4-8(12)3-6)10-13-9(5-11)15-14-10/h2-4H,5H2,1H3. The molecule has 0 amide bonds. The van der Waals surface area contributed by atoms with E-state index in [0.717, 1.165) is 5.56 Å². The number of aromatic nitrogens is 2. The van der Waals surface area contributed by atoms with Crippen molar-refractivity contribution < 1.29 is 8.91 Å². The highest BCUT2D eigenvalue weighted by atomic mass is 35.5. The Morgan fingerprint density at radius 2 is 2.20 bits per heavy atom. The molecule has 0 aliphatic carbocycles. The van der Waals surface area contributed by atoms with Crippen LogP contribution in [0.3, 0.4) is 0 Å². The average Bonchev–Trinajstić information content (AvgIpc) is 2.64. The van der Waals surface area contributed by atoms with Crippen LogP contribution in [0.5, 0.6) is 0 Å². The van der Waals surface area contributed by atoms with Gasteiger partial charge in [0.15, 0.2) is 0 Å². The van der Waals surface area contributed by atoms with Crippen LogP contribution in [-0.2, 0) is 5.88 Å². The smallest absolute Gasteiger partial charge is 0.241 e. The molecule has 78 valence electrons. The van der Waals surface area contributed by atoms with Crippen LogP contribution in [0.1, 0.15) is 11.5 Å². The van der Waals surface area contributed by atoms with E-state index in [0.29, 0.717) is 17.3 Å². The number of hydrogen-bond acceptors (Lipinski definition) is 3. The molecule has 0 saturated carbocycles. The van der Waals surface area contributed by atoms with Gasteiger partial charge in [0.05, 0.1) is 0 Å². The highest BCUT2D eigenvalue weighted by molar-refractivity contribution is 6.16. The van der Waals surface area contributed by atoms with Gasteiger partial charge in [0.1, 0.15) is 11.7 Å². The Hall–Kier alpha value is -1.42. The minimum atomic E-state index is -0.317. The van der Waals surface area contributed by atoms with Crippen molar-refractivity contribution in [1.82, 2.24) is 10.1 Å². The molecular weight excluding hydrogens is 219 g/mol. The molecule has 0 aliphatic rings. The van der Waals surface area contributed by atoms with Gasteiger partial charge in [0.25, 0.3) is 0 Å². The number of halogens is 2. The van der Waals surface area contributed by atoms with E-state index >= 15 is 0 Å². The third-order valence-corrected chi connectivity index (χ3v) is 2.11. The number of alkyl halides is 1. The number of aryl methyl sites for hydroxylation is 1. The molecule has 0 fully saturated rings. The molecule has 1 aromatic heterocycles. The van der Waals surface area contributed by atoms with Crippen LogP contribution in [0, 0.1) is 12.7 Å². The van der Waals surface area contributed by atoms with E-state index in [1.165, 1.54) is 12.1 Å². The minimum absolute atomic E-state index is 0.154. The molecule has 0 aliphatic heterocycles. The van der Waals surface area contributed by atoms with Gasteiger partial charge in [-0.3, -0.25) is 0 Å². The van der Waals surface area contributed by atoms with Gasteiger partial charge in [-0.25, -0.2) is 4.39 Å². The molecule has 1 heterocycles. The van der Waals surface area contributed by atoms with Crippen LogP contribution in [-0.4, -0.2) is 10.1 Å². The van der Waals surface area contributed by atoms with Gasteiger partial charge in [0.2, 0.25) is 11.7 Å². The predicted octanol–water partition coefficient (Wildman–Crippen LogP) is 2.92. The number of hydrogen-bond donors (Lipinski definition) is 0. The Morgan fingerprint density at radius 3 is 2.80 bits per heavy atom. The molecule has 15 heavy (non-hydrogen) atoms. The van der Waals surface area contributed by atoms with Crippen molar-refractivity contribution in [2.45, 2.75) is 12.8 Å². The molecule has 3 nitrogen and oxygen atoms in total. The molecule has 0 radical (unpaired) electrons. The van der Waals surface area contributed by atoms with Crippen LogP contribution in [0.2, 0.25) is 0 Å². The zero-order valence-corrected chi connectivity index (χ0v) is 8.75. The van der Waals surface area contributed by atoms with E-state index in [9.17, 15) is 4.39 Å². The van der Waals surface area contributed by atoms with Crippen molar-refractivity contribution in [3.05, 3.63) is 35.5 Å². The third-order valence-electron chi connectivity index (χ3n) is 1.88. The average molecular weight is 227 g/mol. The van der Waals surface area contributed by atoms with Crippen LogP contribution in [0.25, 0.3) is 11.4 Å². The lowest BCUT2D eigenvalue weighted by Gasteiger charge is -1.97. The molecule has 0 atom stereocenters. The van der Waals surface area contributed by atoms with Gasteiger partial charge < -0.3 is 4.52 Å². The molecular formula is C10H8ClFN2O. The summed E-state index contributed by atoms with van der Waals surface area (Å²) in [6.45, 7) is 1.80. The van der Waals surface area contributed by atoms with Gasteiger partial charge in [-0.05, 0) is 30.7 Å². The largest absolute Gasteiger partial charge is 0.338 e. The van der Waals surface area contributed by atoms with Crippen molar-refractivity contribution in [2.24, 2.45) is 0 Å². The number of nitrogens with zero attached hydrogens (tertiary/aromatic N) is 2. The quantitative estimate of drug-likeness (QED) is 0.739. The summed E-state index contributed by atoms with van der Waals surface area (Å²) in [5.74, 6) is 0.519. The first-order chi connectivity index (χ1) is 7.19. The molecule has 2 aromatic rings. The van der Waals surface area contributed by atoms with E-state index in [1.54, 1.807) is 13.0 Å². The van der Waals surface area contributed by atoms with Crippen LogP contribution < -0.4 is 0 Å². The zero-order chi connectivity index (χ0) is 10.8. The predicted molar refractivity (Wildman–Crippen MR) is 54.0 cm³/mol. The maximum atomic E-state index is 13.1. The number of benzene rings is 1. The molecule has 5 heteroatoms. The van der Waals surface area contributed by atoms with E-state index in [2.05, 4.69) is 10.1 Å². The van der Waals surface area contributed by atoms with Crippen molar-refractivity contribution in [3.8, 4) is 11.4 Å². The Bertz CT molecular complexity index is 464. The molecule has 0 N–H and O–H groups in total. The normalized spacial score (nSPS) is 10.6. The monoisotopic (exact) mass is 226 g/mol. The maximum Gasteiger partial charge on any atom is 0.241 e. The highest BCUT2D eigenvalue weighted by Gasteiger charge is 2.08. The molecule has 0 bridgehead atoms. The summed E-state index contributed by atoms with van der Waals surface area (Å²) in [5.41, 5.74) is 1.40. The first kappa shape index (κ1) is 10.1. The fourth-order valence-electron chi connectivity index (χ4n) is 1.29. The van der Waals surface area contributed by atoms with E-state index < -0.39 is 0 Å². The van der Waals surface area contributed by atoms with Crippen LogP contribution in [0.15, 0.2) is 22.7 Å². The summed E-state index contributed by atoms with van der Waals surface area (Å²) in [4.78, 5) is 4.00. The summed E-state index contributed by atoms with van der Waals surface area (Å²) in [6.07, 6.45) is 0. The highest BCUT2D eigenvalue weighted by Crippen LogP contribution is 2.19. The van der Waals surface area contributed by atoms with Gasteiger partial charge in [0, 0.05) is 5.56 Å². The minimum Gasteiger partial charge on any atom is -0.338 e. The first-order valence-corrected chi connectivity index (χ1v) is 4.88. The summed E-state index contributed by atoms with van der Waals surface area (Å²) in [5, 5.41) is 3.70. The Labute approximate surface area is 90.9 Å². The summed E-state index contributed by atoms with van der Waals surface area (Å²) in [7, 11) is 0. The van der Waals surface area contributed by atoms with Crippen molar-refractivity contribution in [3.63, 3.8) is 0 Å². The molecule has 0 spiro atoms. The van der Waals surface area contributed by atoms with E-state index in [4.69, 9.17) is 16.1 Å². The van der Waals surface area contributed by atoms with E-state index in [-0.39, 0.29) is 11.7 Å². The maximum absolute atomic E-state index is 13.1. The van der Waals surface area contributed by atoms with Gasteiger partial charge in [-0.2, -0.15) is 4.98 Å². The molecule has 1 aromatic carbocycles. The van der Waals surface area contributed by atoms with Gasteiger partial charge in [-0.15, -0.1) is 11.6 Å². The number of rotatable bonds is 2. The summed E-state index contributed by atoms with van der Waals surface area (Å²) < 4.78 is 17.9. The third kappa shape index (κ3) is 2.15. The lowest BCUT2D eigenvalue weighted by atomic mass is 10.1.